The maximum atomic E-state index is 15.5. The van der Waals surface area contributed by atoms with Crippen molar-refractivity contribution in [3.8, 4) is 12.1 Å². The number of allylic oxidation sites excluding steroid dienone is 6. The van der Waals surface area contributed by atoms with E-state index in [0.29, 0.717) is 18.4 Å². The molecule has 5 heterocycles. The Morgan fingerprint density at radius 3 is 2.51 bits per heavy atom. The monoisotopic (exact) mass is 777 g/mol. The minimum atomic E-state index is -1.38. The summed E-state index contributed by atoms with van der Waals surface area (Å²) >= 11 is 0. The van der Waals surface area contributed by atoms with Crippen molar-refractivity contribution < 1.29 is 28.5 Å². The van der Waals surface area contributed by atoms with Gasteiger partial charge in [0.25, 0.3) is 0 Å². The number of esters is 1. The third kappa shape index (κ3) is 5.05. The number of hydrogen-bond donors (Lipinski definition) is 2. The molecule has 12 atom stereocenters. The van der Waals surface area contributed by atoms with Gasteiger partial charge in [0.05, 0.1) is 36.9 Å². The molecule has 2 N–H and O–H groups in total. The average molecular weight is 778 g/mol. The molecule has 5 aliphatic heterocycles. The number of carbonyl (C=O) groups excluding carboxylic acids is 2. The highest BCUT2D eigenvalue weighted by Crippen LogP contribution is 2.86. The van der Waals surface area contributed by atoms with Crippen LogP contribution in [0.1, 0.15) is 100 Å². The number of ketones is 1. The lowest BCUT2D eigenvalue weighted by Gasteiger charge is -2.61. The molecular formula is C46H59N5O6. The lowest BCUT2D eigenvalue weighted by atomic mass is 9.56. The molecule has 0 radical (unpaired) electrons. The van der Waals surface area contributed by atoms with Crippen LogP contribution in [0.4, 0.5) is 0 Å². The zero-order valence-electron chi connectivity index (χ0n) is 35.1. The van der Waals surface area contributed by atoms with Crippen LogP contribution in [0.15, 0.2) is 57.4 Å². The van der Waals surface area contributed by atoms with E-state index in [1.807, 2.05) is 6.08 Å². The summed E-state index contributed by atoms with van der Waals surface area (Å²) in [6.07, 6.45) is 10.4. The van der Waals surface area contributed by atoms with Crippen molar-refractivity contribution >= 4 is 11.8 Å². The summed E-state index contributed by atoms with van der Waals surface area (Å²) in [5, 5.41) is 29.4. The minimum absolute atomic E-state index is 0.00309. The van der Waals surface area contributed by atoms with Crippen LogP contribution in [0.25, 0.3) is 0 Å². The van der Waals surface area contributed by atoms with Crippen molar-refractivity contribution in [3.05, 3.63) is 57.4 Å². The summed E-state index contributed by atoms with van der Waals surface area (Å²) in [6.45, 7) is 18.3. The van der Waals surface area contributed by atoms with Gasteiger partial charge in [-0.2, -0.15) is 10.5 Å². The molecule has 4 saturated heterocycles. The van der Waals surface area contributed by atoms with Crippen molar-refractivity contribution in [2.75, 3.05) is 20.2 Å². The highest BCUT2D eigenvalue weighted by molar-refractivity contribution is 5.98. The van der Waals surface area contributed by atoms with E-state index >= 15 is 4.79 Å². The molecular weight excluding hydrogens is 719 g/mol. The van der Waals surface area contributed by atoms with E-state index in [9.17, 15) is 15.3 Å². The van der Waals surface area contributed by atoms with E-state index in [0.717, 1.165) is 61.3 Å². The van der Waals surface area contributed by atoms with Crippen LogP contribution >= 0.6 is 0 Å². The second kappa shape index (κ2) is 13.0. The number of hydrogen-bond acceptors (Lipinski definition) is 11. The van der Waals surface area contributed by atoms with Gasteiger partial charge in [-0.1, -0.05) is 29.4 Å². The third-order valence-electron chi connectivity index (χ3n) is 15.6. The molecule has 9 aliphatic rings. The molecule has 0 aromatic rings. The predicted molar refractivity (Wildman–Crippen MR) is 211 cm³/mol. The van der Waals surface area contributed by atoms with Gasteiger partial charge in [-0.25, -0.2) is 4.79 Å². The standard InChI is InChI=1S/C46H59N5O6/c1-24(2)11-10-16-43(8)17-15-28-31(27(22-47)23-48)32-34-33-37(51-20-19-49-41(51)50-34)44-21-30(44)38(52)45(18-14-26(5)39(53)54-9)46(33,40(44)42(6,7)57-45)56-36(32)29(35(28)55-43)13-12-25(3)4/h11-12,14,27,29-30,33-34,36-37,40-41,49-50H,10,13,15-21H2,1-9H3. The average Bonchev–Trinajstić information content (AvgIpc) is 3.52. The molecule has 7 fully saturated rings. The van der Waals surface area contributed by atoms with E-state index in [1.54, 1.807) is 6.92 Å². The molecule has 0 aromatic carbocycles. The molecule has 9 rings (SSSR count). The summed E-state index contributed by atoms with van der Waals surface area (Å²) in [5.74, 6) is -1.39. The summed E-state index contributed by atoms with van der Waals surface area (Å²) < 4.78 is 27.8. The maximum absolute atomic E-state index is 15.5. The number of Topliss-reactive ketones (excluding diaryl/α,β-unsaturated/α-hetero) is 1. The van der Waals surface area contributed by atoms with Crippen LogP contribution < -0.4 is 10.6 Å². The number of ether oxygens (including phenoxy) is 4. The Labute approximate surface area is 337 Å². The van der Waals surface area contributed by atoms with Crippen molar-refractivity contribution in [2.24, 2.45) is 35.0 Å². The molecule has 0 amide bonds. The summed E-state index contributed by atoms with van der Waals surface area (Å²) in [6, 6.07) is 4.49. The Balaban J connectivity index is 1.30. The van der Waals surface area contributed by atoms with Crippen molar-refractivity contribution in [3.63, 3.8) is 0 Å². The summed E-state index contributed by atoms with van der Waals surface area (Å²) in [5.41, 5.74) is 1.56. The normalized spacial score (nSPS) is 42.8. The highest BCUT2D eigenvalue weighted by atomic mass is 16.6. The quantitative estimate of drug-likeness (QED) is 0.160. The first-order chi connectivity index (χ1) is 27.1. The van der Waals surface area contributed by atoms with Crippen LogP contribution in [-0.2, 0) is 28.5 Å². The molecule has 2 spiro atoms. The molecule has 11 nitrogen and oxygen atoms in total. The van der Waals surface area contributed by atoms with Gasteiger partial charge in [-0.3, -0.25) is 20.3 Å². The SMILES string of the molecule is COC(=O)C(C)=CCC12OC(C)(C)C3C4(CC4C1=O)C1C4C(NC5NCCN51)C1=C(C(C#N)C#N)C5=C(OC(C)(CCC=C(C)C)CC5)C(CC=C(C)C)C1OC432. The smallest absolute Gasteiger partial charge is 0.333 e. The van der Waals surface area contributed by atoms with E-state index in [-0.39, 0.29) is 59.7 Å². The van der Waals surface area contributed by atoms with Crippen LogP contribution in [0.2, 0.25) is 0 Å². The molecule has 11 heteroatoms. The van der Waals surface area contributed by atoms with Crippen molar-refractivity contribution in [1.29, 1.82) is 10.5 Å². The maximum Gasteiger partial charge on any atom is 0.333 e. The van der Waals surface area contributed by atoms with Gasteiger partial charge in [0.1, 0.15) is 23.3 Å². The number of methoxy groups -OCH3 is 1. The first-order valence-corrected chi connectivity index (χ1v) is 21.2. The van der Waals surface area contributed by atoms with Gasteiger partial charge < -0.3 is 18.9 Å². The molecule has 3 saturated carbocycles. The van der Waals surface area contributed by atoms with E-state index < -0.39 is 40.4 Å². The fourth-order valence-corrected chi connectivity index (χ4v) is 13.8. The number of carbonyl (C=O) groups is 2. The second-order valence-electron chi connectivity index (χ2n) is 19.7. The molecule has 12 unspecified atom stereocenters. The molecule has 4 aliphatic carbocycles. The van der Waals surface area contributed by atoms with Crippen LogP contribution in [0.3, 0.4) is 0 Å². The molecule has 304 valence electrons. The predicted octanol–water partition coefficient (Wildman–Crippen LogP) is 6.06. The van der Waals surface area contributed by atoms with Crippen LogP contribution in [0.5, 0.6) is 0 Å². The summed E-state index contributed by atoms with van der Waals surface area (Å²) in [4.78, 5) is 30.9. The first kappa shape index (κ1) is 38.9. The van der Waals surface area contributed by atoms with Gasteiger partial charge in [-0.15, -0.1) is 0 Å². The zero-order chi connectivity index (χ0) is 40.6. The van der Waals surface area contributed by atoms with Gasteiger partial charge in [0.2, 0.25) is 0 Å². The molecule has 0 aromatic heterocycles. The fraction of sp³-hybridized carbons (Fsp3) is 0.696. The van der Waals surface area contributed by atoms with Gasteiger partial charge in [-0.05, 0) is 111 Å². The van der Waals surface area contributed by atoms with E-state index in [4.69, 9.17) is 18.9 Å². The van der Waals surface area contributed by atoms with E-state index in [1.165, 1.54) is 18.3 Å². The highest BCUT2D eigenvalue weighted by Gasteiger charge is 2.97. The van der Waals surface area contributed by atoms with Crippen molar-refractivity contribution in [2.45, 2.75) is 147 Å². The number of nitrogens with one attached hydrogen (secondary N) is 2. The first-order valence-electron chi connectivity index (χ1n) is 21.2. The largest absolute Gasteiger partial charge is 0.491 e. The van der Waals surface area contributed by atoms with Crippen molar-refractivity contribution in [1.82, 2.24) is 15.5 Å². The second-order valence-corrected chi connectivity index (χ2v) is 19.7. The number of nitrogens with zero attached hydrogens (tertiary/aromatic N) is 3. The Morgan fingerprint density at radius 2 is 1.82 bits per heavy atom. The minimum Gasteiger partial charge on any atom is -0.491 e. The van der Waals surface area contributed by atoms with Gasteiger partial charge >= 0.3 is 5.97 Å². The lowest BCUT2D eigenvalue weighted by Crippen LogP contribution is -2.77. The van der Waals surface area contributed by atoms with E-state index in [2.05, 4.69) is 88.3 Å². The Bertz CT molecular complexity index is 2050. The molecule has 4 bridgehead atoms. The number of rotatable bonds is 9. The van der Waals surface area contributed by atoms with Gasteiger partial charge in [0.15, 0.2) is 17.3 Å². The zero-order valence-corrected chi connectivity index (χ0v) is 35.1. The van der Waals surface area contributed by atoms with Gasteiger partial charge in [0, 0.05) is 60.3 Å². The lowest BCUT2D eigenvalue weighted by molar-refractivity contribution is -0.239. The number of fused-ring (bicyclic) bond motifs is 4. The third-order valence-corrected chi connectivity index (χ3v) is 15.6. The fourth-order valence-electron chi connectivity index (χ4n) is 13.8. The number of nitriles is 2. The summed E-state index contributed by atoms with van der Waals surface area (Å²) in [7, 11) is 1.37. The Hall–Kier alpha value is -3.58. The molecule has 57 heavy (non-hydrogen) atoms. The van der Waals surface area contributed by atoms with Crippen LogP contribution in [0, 0.1) is 57.7 Å². The Morgan fingerprint density at radius 1 is 1.09 bits per heavy atom. The van der Waals surface area contributed by atoms with Crippen LogP contribution in [-0.4, -0.2) is 83.7 Å². The Kier molecular flexibility index (Phi) is 8.85. The topological polar surface area (TPSA) is 146 Å².